The lowest BCUT2D eigenvalue weighted by atomic mass is 10.1. The average Bonchev–Trinajstić information content (AvgIpc) is 2.91. The Morgan fingerprint density at radius 1 is 1.37 bits per heavy atom. The Bertz CT molecular complexity index is 425. The first kappa shape index (κ1) is 13.9. The molecule has 0 aromatic heterocycles. The molecule has 1 amide bonds. The molecular formula is C16H23NO2. The van der Waals surface area contributed by atoms with Gasteiger partial charge in [-0.05, 0) is 38.3 Å². The van der Waals surface area contributed by atoms with Gasteiger partial charge in [-0.25, -0.2) is 0 Å². The SMILES string of the molecule is Cc1ccccc1OCC(C)NC(=O)C1CCCC1. The summed E-state index contributed by atoms with van der Waals surface area (Å²) in [5, 5.41) is 3.05. The molecule has 1 unspecified atom stereocenters. The number of ether oxygens (including phenoxy) is 1. The van der Waals surface area contributed by atoms with Crippen molar-refractivity contribution in [2.75, 3.05) is 6.61 Å². The molecule has 1 aliphatic carbocycles. The topological polar surface area (TPSA) is 38.3 Å². The highest BCUT2D eigenvalue weighted by molar-refractivity contribution is 5.79. The average molecular weight is 261 g/mol. The van der Waals surface area contributed by atoms with Gasteiger partial charge in [0, 0.05) is 5.92 Å². The zero-order valence-electron chi connectivity index (χ0n) is 11.8. The third-order valence-electron chi connectivity index (χ3n) is 3.70. The number of para-hydroxylation sites is 1. The van der Waals surface area contributed by atoms with Crippen molar-refractivity contribution in [1.82, 2.24) is 5.32 Å². The Morgan fingerprint density at radius 3 is 2.74 bits per heavy atom. The van der Waals surface area contributed by atoms with E-state index >= 15 is 0 Å². The minimum Gasteiger partial charge on any atom is -0.491 e. The maximum atomic E-state index is 12.0. The Balaban J connectivity index is 1.76. The van der Waals surface area contributed by atoms with Gasteiger partial charge in [-0.15, -0.1) is 0 Å². The lowest BCUT2D eigenvalue weighted by Crippen LogP contribution is -2.39. The van der Waals surface area contributed by atoms with Crippen LogP contribution in [0, 0.1) is 12.8 Å². The molecule has 1 fully saturated rings. The monoisotopic (exact) mass is 261 g/mol. The number of carbonyl (C=O) groups excluding carboxylic acids is 1. The first-order valence-electron chi connectivity index (χ1n) is 7.15. The summed E-state index contributed by atoms with van der Waals surface area (Å²) in [6.45, 7) is 4.53. The molecule has 0 heterocycles. The van der Waals surface area contributed by atoms with Gasteiger partial charge in [0.25, 0.3) is 0 Å². The van der Waals surface area contributed by atoms with Gasteiger partial charge in [-0.2, -0.15) is 0 Å². The molecule has 104 valence electrons. The minimum atomic E-state index is 0.0488. The molecule has 19 heavy (non-hydrogen) atoms. The molecule has 1 aromatic rings. The largest absolute Gasteiger partial charge is 0.491 e. The van der Waals surface area contributed by atoms with E-state index in [1.54, 1.807) is 0 Å². The molecule has 1 saturated carbocycles. The van der Waals surface area contributed by atoms with Crippen LogP contribution in [0.2, 0.25) is 0 Å². The fourth-order valence-corrected chi connectivity index (χ4v) is 2.52. The molecule has 0 radical (unpaired) electrons. The van der Waals surface area contributed by atoms with Crippen molar-refractivity contribution >= 4 is 5.91 Å². The van der Waals surface area contributed by atoms with Gasteiger partial charge in [0.05, 0.1) is 6.04 Å². The van der Waals surface area contributed by atoms with E-state index in [1.165, 1.54) is 12.8 Å². The quantitative estimate of drug-likeness (QED) is 0.884. The van der Waals surface area contributed by atoms with Gasteiger partial charge in [0.1, 0.15) is 12.4 Å². The second-order valence-corrected chi connectivity index (χ2v) is 5.47. The Labute approximate surface area is 115 Å². The van der Waals surface area contributed by atoms with Crippen LogP contribution in [-0.4, -0.2) is 18.6 Å². The number of hydrogen-bond acceptors (Lipinski definition) is 2. The fraction of sp³-hybridized carbons (Fsp3) is 0.562. The first-order valence-corrected chi connectivity index (χ1v) is 7.15. The van der Waals surface area contributed by atoms with E-state index in [9.17, 15) is 4.79 Å². The Kier molecular flexibility index (Phi) is 4.83. The number of carbonyl (C=O) groups is 1. The van der Waals surface area contributed by atoms with Crippen LogP contribution in [0.3, 0.4) is 0 Å². The molecule has 1 atom stereocenters. The van der Waals surface area contributed by atoms with E-state index < -0.39 is 0 Å². The summed E-state index contributed by atoms with van der Waals surface area (Å²) in [5.41, 5.74) is 1.12. The number of hydrogen-bond donors (Lipinski definition) is 1. The van der Waals surface area contributed by atoms with Gasteiger partial charge < -0.3 is 10.1 Å². The molecule has 3 heteroatoms. The van der Waals surface area contributed by atoms with Gasteiger partial charge >= 0.3 is 0 Å². The smallest absolute Gasteiger partial charge is 0.223 e. The summed E-state index contributed by atoms with van der Waals surface area (Å²) in [4.78, 5) is 12.0. The second-order valence-electron chi connectivity index (χ2n) is 5.47. The molecule has 2 rings (SSSR count). The van der Waals surface area contributed by atoms with E-state index in [-0.39, 0.29) is 17.9 Å². The zero-order chi connectivity index (χ0) is 13.7. The lowest BCUT2D eigenvalue weighted by Gasteiger charge is -2.18. The number of aryl methyl sites for hydroxylation is 1. The van der Waals surface area contributed by atoms with Crippen LogP contribution in [0.1, 0.15) is 38.2 Å². The van der Waals surface area contributed by atoms with Crippen molar-refractivity contribution in [2.45, 2.75) is 45.6 Å². The lowest BCUT2D eigenvalue weighted by molar-refractivity contribution is -0.125. The molecule has 1 aliphatic rings. The summed E-state index contributed by atoms with van der Waals surface area (Å²) in [5.74, 6) is 1.31. The summed E-state index contributed by atoms with van der Waals surface area (Å²) in [6, 6.07) is 7.99. The third kappa shape index (κ3) is 3.98. The van der Waals surface area contributed by atoms with Gasteiger partial charge in [-0.1, -0.05) is 31.0 Å². The van der Waals surface area contributed by atoms with Gasteiger partial charge in [-0.3, -0.25) is 4.79 Å². The molecule has 3 nitrogen and oxygen atoms in total. The van der Waals surface area contributed by atoms with Crippen molar-refractivity contribution in [1.29, 1.82) is 0 Å². The van der Waals surface area contributed by atoms with Crippen LogP contribution in [0.25, 0.3) is 0 Å². The second kappa shape index (κ2) is 6.60. The molecule has 0 saturated heterocycles. The Morgan fingerprint density at radius 2 is 2.05 bits per heavy atom. The van der Waals surface area contributed by atoms with Crippen molar-refractivity contribution in [3.8, 4) is 5.75 Å². The summed E-state index contributed by atoms with van der Waals surface area (Å²) in [7, 11) is 0. The highest BCUT2D eigenvalue weighted by Crippen LogP contribution is 2.24. The third-order valence-corrected chi connectivity index (χ3v) is 3.70. The molecule has 0 spiro atoms. The van der Waals surface area contributed by atoms with E-state index in [4.69, 9.17) is 4.74 Å². The van der Waals surface area contributed by atoms with Crippen molar-refractivity contribution in [2.24, 2.45) is 5.92 Å². The highest BCUT2D eigenvalue weighted by Gasteiger charge is 2.23. The van der Waals surface area contributed by atoms with Crippen LogP contribution < -0.4 is 10.1 Å². The minimum absolute atomic E-state index is 0.0488. The Hall–Kier alpha value is -1.51. The number of benzene rings is 1. The standard InChI is InChI=1S/C16H23NO2/c1-12-7-3-6-10-15(12)19-11-13(2)17-16(18)14-8-4-5-9-14/h3,6-7,10,13-14H,4-5,8-9,11H2,1-2H3,(H,17,18). The first-order chi connectivity index (χ1) is 9.16. The molecule has 0 aliphatic heterocycles. The van der Waals surface area contributed by atoms with E-state index in [0.29, 0.717) is 6.61 Å². The normalized spacial score (nSPS) is 17.2. The highest BCUT2D eigenvalue weighted by atomic mass is 16.5. The van der Waals surface area contributed by atoms with Gasteiger partial charge in [0.2, 0.25) is 5.91 Å². The molecular weight excluding hydrogens is 238 g/mol. The van der Waals surface area contributed by atoms with Crippen LogP contribution in [0.4, 0.5) is 0 Å². The number of nitrogens with one attached hydrogen (secondary N) is 1. The maximum absolute atomic E-state index is 12.0. The molecule has 0 bridgehead atoms. The predicted octanol–water partition coefficient (Wildman–Crippen LogP) is 3.07. The predicted molar refractivity (Wildman–Crippen MR) is 76.2 cm³/mol. The maximum Gasteiger partial charge on any atom is 0.223 e. The number of amides is 1. The van der Waals surface area contributed by atoms with E-state index in [0.717, 1.165) is 24.2 Å². The van der Waals surface area contributed by atoms with Crippen molar-refractivity contribution < 1.29 is 9.53 Å². The van der Waals surface area contributed by atoms with E-state index in [2.05, 4.69) is 5.32 Å². The van der Waals surface area contributed by atoms with Crippen molar-refractivity contribution in [3.63, 3.8) is 0 Å². The van der Waals surface area contributed by atoms with Crippen LogP contribution in [0.15, 0.2) is 24.3 Å². The summed E-state index contributed by atoms with van der Waals surface area (Å²) in [6.07, 6.45) is 4.45. The van der Waals surface area contributed by atoms with Gasteiger partial charge in [0.15, 0.2) is 0 Å². The van der Waals surface area contributed by atoms with Crippen LogP contribution in [0.5, 0.6) is 5.75 Å². The zero-order valence-corrected chi connectivity index (χ0v) is 11.8. The van der Waals surface area contributed by atoms with E-state index in [1.807, 2.05) is 38.1 Å². The summed E-state index contributed by atoms with van der Waals surface area (Å²) >= 11 is 0. The molecule has 1 aromatic carbocycles. The van der Waals surface area contributed by atoms with Crippen LogP contribution >= 0.6 is 0 Å². The number of rotatable bonds is 5. The van der Waals surface area contributed by atoms with Crippen LogP contribution in [-0.2, 0) is 4.79 Å². The summed E-state index contributed by atoms with van der Waals surface area (Å²) < 4.78 is 5.75. The van der Waals surface area contributed by atoms with Crippen molar-refractivity contribution in [3.05, 3.63) is 29.8 Å². The molecule has 1 N–H and O–H groups in total. The fourth-order valence-electron chi connectivity index (χ4n) is 2.52.